The molecule has 1 saturated heterocycles. The number of rotatable bonds is 5. The normalized spacial score (nSPS) is 15.9. The molecule has 6 nitrogen and oxygen atoms in total. The van der Waals surface area contributed by atoms with Gasteiger partial charge in [0.2, 0.25) is 10.8 Å². The number of nitrogens with zero attached hydrogens (tertiary/aromatic N) is 5. The van der Waals surface area contributed by atoms with Gasteiger partial charge in [-0.1, -0.05) is 24.3 Å². The second kappa shape index (κ2) is 8.68. The molecule has 1 unspecified atom stereocenters. The van der Waals surface area contributed by atoms with Gasteiger partial charge in [-0.25, -0.2) is 18.2 Å². The fourth-order valence-corrected chi connectivity index (χ4v) is 5.36. The van der Waals surface area contributed by atoms with Crippen LogP contribution in [0.15, 0.2) is 42.5 Å². The van der Waals surface area contributed by atoms with Crippen molar-refractivity contribution in [2.24, 2.45) is 0 Å². The Kier molecular flexibility index (Phi) is 5.71. The predicted molar refractivity (Wildman–Crippen MR) is 120 cm³/mol. The van der Waals surface area contributed by atoms with Crippen molar-refractivity contribution in [3.05, 3.63) is 76.2 Å². The van der Waals surface area contributed by atoms with Gasteiger partial charge >= 0.3 is 0 Å². The molecule has 0 aliphatic carbocycles. The molecule has 5 rings (SSSR count). The number of aromatic nitrogens is 3. The summed E-state index contributed by atoms with van der Waals surface area (Å²) in [4.78, 5) is 9.84. The van der Waals surface area contributed by atoms with Crippen LogP contribution in [0.5, 0.6) is 5.88 Å². The molecule has 33 heavy (non-hydrogen) atoms. The molecule has 0 amide bonds. The molecule has 0 saturated carbocycles. The second-order valence-corrected chi connectivity index (χ2v) is 8.95. The lowest BCUT2D eigenvalue weighted by molar-refractivity contribution is 0.210. The summed E-state index contributed by atoms with van der Waals surface area (Å²) < 4.78 is 42.5. The number of thiazole rings is 1. The van der Waals surface area contributed by atoms with E-state index in [0.29, 0.717) is 53.8 Å². The van der Waals surface area contributed by atoms with Crippen LogP contribution in [0.1, 0.15) is 29.2 Å². The Morgan fingerprint density at radius 2 is 1.73 bits per heavy atom. The molecule has 1 N–H and O–H groups in total. The summed E-state index contributed by atoms with van der Waals surface area (Å²) in [5.41, 5.74) is 1.47. The number of benzene rings is 2. The number of hydrogen-bond acceptors (Lipinski definition) is 6. The highest BCUT2D eigenvalue weighted by molar-refractivity contribution is 7.17. The zero-order valence-electron chi connectivity index (χ0n) is 17.9. The monoisotopic (exact) mass is 473 g/mol. The maximum atomic E-state index is 14.2. The molecule has 0 spiro atoms. The molecule has 0 radical (unpaired) electrons. The van der Waals surface area contributed by atoms with Crippen molar-refractivity contribution in [3.63, 3.8) is 0 Å². The zero-order chi connectivity index (χ0) is 23.1. The van der Waals surface area contributed by atoms with Gasteiger partial charge in [0.25, 0.3) is 0 Å². The SMILES string of the molecule is CCc1nc2sc(C(c3ccc(F)c(F)c3)N3CCN(c4ccc(F)cc4)CC3)c(O)n2n1. The van der Waals surface area contributed by atoms with Gasteiger partial charge in [0.05, 0.1) is 10.9 Å². The van der Waals surface area contributed by atoms with E-state index in [0.717, 1.165) is 11.8 Å². The molecule has 2 aromatic carbocycles. The van der Waals surface area contributed by atoms with Crippen molar-refractivity contribution in [2.45, 2.75) is 19.4 Å². The molecule has 1 atom stereocenters. The highest BCUT2D eigenvalue weighted by Gasteiger charge is 2.32. The number of aryl methyl sites for hydroxylation is 1. The Labute approximate surface area is 192 Å². The van der Waals surface area contributed by atoms with Crippen LogP contribution in [-0.2, 0) is 6.42 Å². The standard InChI is InChI=1S/C23H22F3N5OS/c1-2-19-27-23-31(28-19)22(32)21(33-23)20(14-3-8-17(25)18(26)13-14)30-11-9-29(10-12-30)16-6-4-15(24)5-7-16/h3-8,13,20,32H,2,9-12H2,1H3. The summed E-state index contributed by atoms with van der Waals surface area (Å²) >= 11 is 1.29. The lowest BCUT2D eigenvalue weighted by Gasteiger charge is -2.40. The zero-order valence-corrected chi connectivity index (χ0v) is 18.7. The van der Waals surface area contributed by atoms with E-state index in [-0.39, 0.29) is 11.7 Å². The summed E-state index contributed by atoms with van der Waals surface area (Å²) in [6.45, 7) is 4.46. The van der Waals surface area contributed by atoms with Gasteiger partial charge in [0.1, 0.15) is 5.82 Å². The van der Waals surface area contributed by atoms with Crippen molar-refractivity contribution < 1.29 is 18.3 Å². The third-order valence-corrected chi connectivity index (χ3v) is 7.01. The van der Waals surface area contributed by atoms with Crippen LogP contribution in [0.2, 0.25) is 0 Å². The average molecular weight is 474 g/mol. The summed E-state index contributed by atoms with van der Waals surface area (Å²) in [5.74, 6) is -1.56. The Morgan fingerprint density at radius 3 is 2.36 bits per heavy atom. The molecule has 2 aromatic heterocycles. The van der Waals surface area contributed by atoms with E-state index in [1.54, 1.807) is 18.2 Å². The Morgan fingerprint density at radius 1 is 1.00 bits per heavy atom. The third-order valence-electron chi connectivity index (χ3n) is 5.94. The van der Waals surface area contributed by atoms with Crippen LogP contribution in [0, 0.1) is 17.5 Å². The topological polar surface area (TPSA) is 56.9 Å². The van der Waals surface area contributed by atoms with Gasteiger partial charge in [-0.05, 0) is 42.0 Å². The lowest BCUT2D eigenvalue weighted by Crippen LogP contribution is -2.47. The van der Waals surface area contributed by atoms with E-state index < -0.39 is 17.7 Å². The summed E-state index contributed by atoms with van der Waals surface area (Å²) in [7, 11) is 0. The summed E-state index contributed by atoms with van der Waals surface area (Å²) in [5, 5.41) is 15.3. The van der Waals surface area contributed by atoms with E-state index in [1.807, 2.05) is 6.92 Å². The molecule has 0 bridgehead atoms. The fraction of sp³-hybridized carbons (Fsp3) is 0.304. The van der Waals surface area contributed by atoms with Gasteiger partial charge in [0.15, 0.2) is 17.5 Å². The van der Waals surface area contributed by atoms with Crippen LogP contribution in [0.4, 0.5) is 18.9 Å². The van der Waals surface area contributed by atoms with Gasteiger partial charge in [-0.15, -0.1) is 5.10 Å². The van der Waals surface area contributed by atoms with E-state index >= 15 is 0 Å². The molecule has 172 valence electrons. The number of piperazine rings is 1. The maximum Gasteiger partial charge on any atom is 0.230 e. The van der Waals surface area contributed by atoms with Gasteiger partial charge in [-0.3, -0.25) is 4.90 Å². The van der Waals surface area contributed by atoms with Crippen LogP contribution in [0.25, 0.3) is 4.96 Å². The number of hydrogen-bond donors (Lipinski definition) is 1. The molecular formula is C23H22F3N5OS. The Balaban J connectivity index is 1.48. The third kappa shape index (κ3) is 4.04. The second-order valence-electron chi connectivity index (χ2n) is 7.94. The summed E-state index contributed by atoms with van der Waals surface area (Å²) in [6.07, 6.45) is 0.640. The molecule has 10 heteroatoms. The Hall–Kier alpha value is -3.11. The number of anilines is 1. The molecule has 3 heterocycles. The molecule has 1 aliphatic heterocycles. The largest absolute Gasteiger partial charge is 0.492 e. The highest BCUT2D eigenvalue weighted by Crippen LogP contribution is 2.40. The van der Waals surface area contributed by atoms with Crippen molar-refractivity contribution in [2.75, 3.05) is 31.1 Å². The van der Waals surface area contributed by atoms with E-state index in [1.165, 1.54) is 34.1 Å². The number of halogens is 3. The first-order chi connectivity index (χ1) is 15.9. The first-order valence-electron chi connectivity index (χ1n) is 10.7. The van der Waals surface area contributed by atoms with E-state index in [4.69, 9.17) is 0 Å². The van der Waals surface area contributed by atoms with E-state index in [2.05, 4.69) is 19.9 Å². The van der Waals surface area contributed by atoms with Crippen molar-refractivity contribution in [1.82, 2.24) is 19.5 Å². The van der Waals surface area contributed by atoms with Gasteiger partial charge in [-0.2, -0.15) is 4.52 Å². The van der Waals surface area contributed by atoms with Crippen LogP contribution in [-0.4, -0.2) is 50.8 Å². The number of aromatic hydroxyl groups is 1. The quantitative estimate of drug-likeness (QED) is 0.466. The molecule has 1 aliphatic rings. The lowest BCUT2D eigenvalue weighted by atomic mass is 10.0. The predicted octanol–water partition coefficient (Wildman–Crippen LogP) is 4.39. The minimum Gasteiger partial charge on any atom is -0.492 e. The summed E-state index contributed by atoms with van der Waals surface area (Å²) in [6, 6.07) is 9.70. The molecule has 4 aromatic rings. The van der Waals surface area contributed by atoms with Crippen molar-refractivity contribution in [3.8, 4) is 5.88 Å². The first-order valence-corrected chi connectivity index (χ1v) is 11.5. The molecular weight excluding hydrogens is 451 g/mol. The average Bonchev–Trinajstić information content (AvgIpc) is 3.36. The smallest absolute Gasteiger partial charge is 0.230 e. The minimum absolute atomic E-state index is 0.0436. The van der Waals surface area contributed by atoms with Crippen LogP contribution in [0.3, 0.4) is 0 Å². The van der Waals surface area contributed by atoms with Gasteiger partial charge < -0.3 is 10.0 Å². The van der Waals surface area contributed by atoms with Crippen LogP contribution < -0.4 is 4.90 Å². The van der Waals surface area contributed by atoms with Crippen molar-refractivity contribution in [1.29, 1.82) is 0 Å². The van der Waals surface area contributed by atoms with Crippen molar-refractivity contribution >= 4 is 22.0 Å². The van der Waals surface area contributed by atoms with Gasteiger partial charge in [0, 0.05) is 38.3 Å². The minimum atomic E-state index is -0.935. The maximum absolute atomic E-state index is 14.2. The molecule has 1 fully saturated rings. The Bertz CT molecular complexity index is 1280. The first kappa shape index (κ1) is 21.7. The van der Waals surface area contributed by atoms with E-state index in [9.17, 15) is 18.3 Å². The highest BCUT2D eigenvalue weighted by atomic mass is 32.1. The number of fused-ring (bicyclic) bond motifs is 1. The fourth-order valence-electron chi connectivity index (χ4n) is 4.22. The van der Waals surface area contributed by atoms with Crippen LogP contribution >= 0.6 is 11.3 Å².